The summed E-state index contributed by atoms with van der Waals surface area (Å²) in [7, 11) is 1.63. The largest absolute Gasteiger partial charge is 0.496 e. The van der Waals surface area contributed by atoms with Crippen molar-refractivity contribution in [2.45, 2.75) is 19.8 Å². The predicted molar refractivity (Wildman–Crippen MR) is 70.6 cm³/mol. The van der Waals surface area contributed by atoms with Gasteiger partial charge < -0.3 is 9.64 Å². The number of rotatable bonds is 2. The van der Waals surface area contributed by atoms with Gasteiger partial charge in [0.1, 0.15) is 5.75 Å². The third-order valence-corrected chi connectivity index (χ3v) is 3.85. The lowest BCUT2D eigenvalue weighted by atomic mass is 10.1. The average Bonchev–Trinajstić information content (AvgIpc) is 2.82. The molecule has 0 bridgehead atoms. The fourth-order valence-electron chi connectivity index (χ4n) is 2.22. The van der Waals surface area contributed by atoms with Gasteiger partial charge in [0.05, 0.1) is 12.7 Å². The van der Waals surface area contributed by atoms with Crippen molar-refractivity contribution in [3.8, 4) is 5.75 Å². The molecule has 0 N–H and O–H groups in total. The maximum absolute atomic E-state index is 12.4. The van der Waals surface area contributed by atoms with Gasteiger partial charge in [-0.25, -0.2) is 0 Å². The van der Waals surface area contributed by atoms with Gasteiger partial charge in [-0.2, -0.15) is 0 Å². The molecule has 0 aromatic heterocycles. The molecule has 1 aromatic rings. The van der Waals surface area contributed by atoms with Gasteiger partial charge in [-0.1, -0.05) is 0 Å². The number of likely N-dealkylation sites (tertiary alicyclic amines) is 1. The van der Waals surface area contributed by atoms with E-state index in [1.807, 2.05) is 24.0 Å². The molecule has 0 radical (unpaired) electrons. The molecule has 3 nitrogen and oxygen atoms in total. The van der Waals surface area contributed by atoms with E-state index >= 15 is 0 Å². The van der Waals surface area contributed by atoms with E-state index in [2.05, 4.69) is 15.9 Å². The van der Waals surface area contributed by atoms with Gasteiger partial charge in [-0.05, 0) is 47.8 Å². The van der Waals surface area contributed by atoms with Crippen LogP contribution in [-0.4, -0.2) is 31.0 Å². The minimum absolute atomic E-state index is 0.103. The first-order valence-corrected chi connectivity index (χ1v) is 6.57. The third-order valence-electron chi connectivity index (χ3n) is 3.19. The minimum atomic E-state index is 0.103. The Labute approximate surface area is 110 Å². The van der Waals surface area contributed by atoms with Crippen molar-refractivity contribution in [3.05, 3.63) is 27.7 Å². The van der Waals surface area contributed by atoms with E-state index in [1.165, 1.54) is 0 Å². The lowest BCUT2D eigenvalue weighted by Gasteiger charge is -2.19. The fourth-order valence-corrected chi connectivity index (χ4v) is 2.82. The SMILES string of the molecule is COc1ccc(Br)c(C(=O)N2CCCC2)c1C. The Morgan fingerprint density at radius 2 is 2.00 bits per heavy atom. The lowest BCUT2D eigenvalue weighted by molar-refractivity contribution is 0.0791. The van der Waals surface area contributed by atoms with E-state index in [0.717, 1.165) is 47.3 Å². The standard InChI is InChI=1S/C13H16BrNO2/c1-9-11(17-2)6-5-10(14)12(9)13(16)15-7-3-4-8-15/h5-6H,3-4,7-8H2,1-2H3. The van der Waals surface area contributed by atoms with E-state index in [-0.39, 0.29) is 5.91 Å². The average molecular weight is 298 g/mol. The number of hydrogen-bond acceptors (Lipinski definition) is 2. The number of ether oxygens (including phenoxy) is 1. The molecule has 1 heterocycles. The Morgan fingerprint density at radius 1 is 1.35 bits per heavy atom. The van der Waals surface area contributed by atoms with Crippen LogP contribution in [0.2, 0.25) is 0 Å². The fraction of sp³-hybridized carbons (Fsp3) is 0.462. The molecule has 0 spiro atoms. The summed E-state index contributed by atoms with van der Waals surface area (Å²) in [4.78, 5) is 14.3. The quantitative estimate of drug-likeness (QED) is 0.840. The Hall–Kier alpha value is -1.03. The number of nitrogens with zero attached hydrogens (tertiary/aromatic N) is 1. The second-order valence-corrected chi connectivity index (χ2v) is 5.10. The molecule has 92 valence electrons. The van der Waals surface area contributed by atoms with Crippen molar-refractivity contribution in [1.29, 1.82) is 0 Å². The lowest BCUT2D eigenvalue weighted by Crippen LogP contribution is -2.28. The van der Waals surface area contributed by atoms with Gasteiger partial charge in [0.2, 0.25) is 0 Å². The van der Waals surface area contributed by atoms with Crippen LogP contribution in [0.15, 0.2) is 16.6 Å². The smallest absolute Gasteiger partial charge is 0.255 e. The van der Waals surface area contributed by atoms with Crippen LogP contribution >= 0.6 is 15.9 Å². The first-order chi connectivity index (χ1) is 8.15. The second kappa shape index (κ2) is 5.08. The summed E-state index contributed by atoms with van der Waals surface area (Å²) in [6.07, 6.45) is 2.21. The van der Waals surface area contributed by atoms with Crippen LogP contribution in [0.4, 0.5) is 0 Å². The number of halogens is 1. The maximum Gasteiger partial charge on any atom is 0.255 e. The highest BCUT2D eigenvalue weighted by atomic mass is 79.9. The van der Waals surface area contributed by atoms with Crippen molar-refractivity contribution in [2.75, 3.05) is 20.2 Å². The topological polar surface area (TPSA) is 29.5 Å². The summed E-state index contributed by atoms with van der Waals surface area (Å²) in [5.74, 6) is 0.863. The second-order valence-electron chi connectivity index (χ2n) is 4.25. The molecule has 17 heavy (non-hydrogen) atoms. The van der Waals surface area contributed by atoms with Crippen LogP contribution in [0.25, 0.3) is 0 Å². The van der Waals surface area contributed by atoms with E-state index < -0.39 is 0 Å². The van der Waals surface area contributed by atoms with Gasteiger partial charge in [0, 0.05) is 23.1 Å². The Bertz CT molecular complexity index is 439. The van der Waals surface area contributed by atoms with Crippen molar-refractivity contribution in [2.24, 2.45) is 0 Å². The van der Waals surface area contributed by atoms with Crippen LogP contribution in [0.3, 0.4) is 0 Å². The number of hydrogen-bond donors (Lipinski definition) is 0. The van der Waals surface area contributed by atoms with Crippen LogP contribution in [-0.2, 0) is 0 Å². The van der Waals surface area contributed by atoms with Gasteiger partial charge >= 0.3 is 0 Å². The van der Waals surface area contributed by atoms with Gasteiger partial charge in [0.25, 0.3) is 5.91 Å². The van der Waals surface area contributed by atoms with E-state index in [9.17, 15) is 4.79 Å². The van der Waals surface area contributed by atoms with Crippen molar-refractivity contribution in [1.82, 2.24) is 4.90 Å². The first kappa shape index (κ1) is 12.4. The zero-order valence-electron chi connectivity index (χ0n) is 10.1. The van der Waals surface area contributed by atoms with E-state index in [1.54, 1.807) is 7.11 Å². The molecule has 1 aromatic carbocycles. The van der Waals surface area contributed by atoms with Crippen molar-refractivity contribution in [3.63, 3.8) is 0 Å². The normalized spacial score (nSPS) is 15.1. The van der Waals surface area contributed by atoms with Crippen molar-refractivity contribution >= 4 is 21.8 Å². The number of methoxy groups -OCH3 is 1. The monoisotopic (exact) mass is 297 g/mol. The van der Waals surface area contributed by atoms with Crippen LogP contribution < -0.4 is 4.74 Å². The molecule has 0 atom stereocenters. The number of carbonyl (C=O) groups is 1. The summed E-state index contributed by atoms with van der Waals surface area (Å²) in [5.41, 5.74) is 1.63. The first-order valence-electron chi connectivity index (χ1n) is 5.77. The van der Waals surface area contributed by atoms with Gasteiger partial charge in [-0.15, -0.1) is 0 Å². The molecule has 4 heteroatoms. The highest BCUT2D eigenvalue weighted by Gasteiger charge is 2.24. The summed E-state index contributed by atoms with van der Waals surface area (Å²) >= 11 is 3.46. The molecule has 0 saturated carbocycles. The predicted octanol–water partition coefficient (Wildman–Crippen LogP) is 3.00. The molecule has 0 aliphatic carbocycles. The molecule has 1 fully saturated rings. The number of amides is 1. The highest BCUT2D eigenvalue weighted by molar-refractivity contribution is 9.10. The molecular formula is C13H16BrNO2. The summed E-state index contributed by atoms with van der Waals surface area (Å²) in [6, 6.07) is 3.75. The molecule has 1 saturated heterocycles. The summed E-state index contributed by atoms with van der Waals surface area (Å²) in [6.45, 7) is 3.65. The van der Waals surface area contributed by atoms with Gasteiger partial charge in [-0.3, -0.25) is 4.79 Å². The zero-order valence-corrected chi connectivity index (χ0v) is 11.7. The van der Waals surface area contributed by atoms with Crippen molar-refractivity contribution < 1.29 is 9.53 Å². The molecule has 2 rings (SSSR count). The Kier molecular flexibility index (Phi) is 3.72. The molecule has 1 aliphatic heterocycles. The van der Waals surface area contributed by atoms with E-state index in [4.69, 9.17) is 4.74 Å². The Morgan fingerprint density at radius 3 is 2.59 bits per heavy atom. The number of benzene rings is 1. The van der Waals surface area contributed by atoms with Crippen LogP contribution in [0, 0.1) is 6.92 Å². The van der Waals surface area contributed by atoms with Crippen LogP contribution in [0.5, 0.6) is 5.75 Å². The minimum Gasteiger partial charge on any atom is -0.496 e. The number of carbonyl (C=O) groups excluding carboxylic acids is 1. The Balaban J connectivity index is 2.39. The van der Waals surface area contributed by atoms with Crippen LogP contribution in [0.1, 0.15) is 28.8 Å². The molecule has 0 unspecified atom stereocenters. The molecular weight excluding hydrogens is 282 g/mol. The highest BCUT2D eigenvalue weighted by Crippen LogP contribution is 2.30. The molecule has 1 aliphatic rings. The van der Waals surface area contributed by atoms with Gasteiger partial charge in [0.15, 0.2) is 0 Å². The summed E-state index contributed by atoms with van der Waals surface area (Å²) < 4.78 is 6.10. The zero-order chi connectivity index (χ0) is 12.4. The van der Waals surface area contributed by atoms with E-state index in [0.29, 0.717) is 0 Å². The molecule has 1 amide bonds. The summed E-state index contributed by atoms with van der Waals surface area (Å²) in [5, 5.41) is 0. The third kappa shape index (κ3) is 2.32. The maximum atomic E-state index is 12.4.